The van der Waals surface area contributed by atoms with E-state index in [0.717, 1.165) is 37.1 Å². The lowest BCUT2D eigenvalue weighted by Gasteiger charge is -2.22. The third kappa shape index (κ3) is 4.53. The molecule has 20 heavy (non-hydrogen) atoms. The number of carbonyl (C=O) groups is 1. The van der Waals surface area contributed by atoms with Gasteiger partial charge >= 0.3 is 0 Å². The molecule has 1 amide bonds. The minimum atomic E-state index is 0.189. The number of hydrogen-bond acceptors (Lipinski definition) is 3. The van der Waals surface area contributed by atoms with E-state index in [-0.39, 0.29) is 5.91 Å². The molecule has 0 heterocycles. The molecule has 4 heteroatoms. The maximum Gasteiger partial charge on any atom is 0.226 e. The molecule has 110 valence electrons. The fraction of sp³-hybridized carbons (Fsp3) is 0.562. The van der Waals surface area contributed by atoms with Gasteiger partial charge in [0.1, 0.15) is 5.75 Å². The second-order valence-corrected chi connectivity index (χ2v) is 5.38. The van der Waals surface area contributed by atoms with Crippen molar-refractivity contribution in [2.75, 3.05) is 19.7 Å². The molecule has 1 aromatic carbocycles. The van der Waals surface area contributed by atoms with Gasteiger partial charge in [0.2, 0.25) is 5.91 Å². The van der Waals surface area contributed by atoms with E-state index in [1.54, 1.807) is 0 Å². The fourth-order valence-corrected chi connectivity index (χ4v) is 2.26. The van der Waals surface area contributed by atoms with Crippen LogP contribution in [0.25, 0.3) is 0 Å². The summed E-state index contributed by atoms with van der Waals surface area (Å²) in [6, 6.07) is 8.35. The Morgan fingerprint density at radius 1 is 1.45 bits per heavy atom. The lowest BCUT2D eigenvalue weighted by Crippen LogP contribution is -2.35. The van der Waals surface area contributed by atoms with Gasteiger partial charge in [-0.3, -0.25) is 4.79 Å². The summed E-state index contributed by atoms with van der Waals surface area (Å²) in [7, 11) is 0. The van der Waals surface area contributed by atoms with E-state index < -0.39 is 0 Å². The summed E-state index contributed by atoms with van der Waals surface area (Å²) in [5, 5.41) is 0. The molecule has 0 radical (unpaired) electrons. The molecule has 1 fully saturated rings. The molecular weight excluding hydrogens is 252 g/mol. The van der Waals surface area contributed by atoms with E-state index in [0.29, 0.717) is 25.6 Å². The van der Waals surface area contributed by atoms with E-state index in [2.05, 4.69) is 0 Å². The molecule has 1 aromatic rings. The number of benzene rings is 1. The molecular formula is C16H24N2O2. The highest BCUT2D eigenvalue weighted by Crippen LogP contribution is 2.27. The average Bonchev–Trinajstić information content (AvgIpc) is 3.24. The molecule has 0 atom stereocenters. The number of hydrogen-bond donors (Lipinski definition) is 1. The number of aryl methyl sites for hydroxylation is 1. The summed E-state index contributed by atoms with van der Waals surface area (Å²) in [6.45, 7) is 3.88. The van der Waals surface area contributed by atoms with Crippen molar-refractivity contribution in [2.45, 2.75) is 38.6 Å². The Kier molecular flexibility index (Phi) is 5.41. The molecule has 2 rings (SSSR count). The van der Waals surface area contributed by atoms with Crippen LogP contribution in [-0.4, -0.2) is 36.5 Å². The normalized spacial score (nSPS) is 14.1. The first-order chi connectivity index (χ1) is 9.70. The van der Waals surface area contributed by atoms with Crippen LogP contribution in [0.1, 0.15) is 31.2 Å². The Morgan fingerprint density at radius 3 is 2.90 bits per heavy atom. The number of ether oxygens (including phenoxy) is 1. The average molecular weight is 276 g/mol. The summed E-state index contributed by atoms with van der Waals surface area (Å²) < 4.78 is 5.64. The smallest absolute Gasteiger partial charge is 0.226 e. The molecule has 0 aliphatic heterocycles. The lowest BCUT2D eigenvalue weighted by molar-refractivity contribution is -0.132. The highest BCUT2D eigenvalue weighted by atomic mass is 16.5. The summed E-state index contributed by atoms with van der Waals surface area (Å²) in [5.41, 5.74) is 6.69. The zero-order chi connectivity index (χ0) is 14.4. The van der Waals surface area contributed by atoms with Crippen molar-refractivity contribution < 1.29 is 9.53 Å². The van der Waals surface area contributed by atoms with Crippen LogP contribution in [0, 0.1) is 6.92 Å². The number of amides is 1. The van der Waals surface area contributed by atoms with Gasteiger partial charge in [-0.1, -0.05) is 12.1 Å². The van der Waals surface area contributed by atoms with Gasteiger partial charge in [0.15, 0.2) is 0 Å². The second kappa shape index (κ2) is 7.29. The van der Waals surface area contributed by atoms with Crippen LogP contribution in [0.3, 0.4) is 0 Å². The zero-order valence-corrected chi connectivity index (χ0v) is 12.2. The molecule has 1 aliphatic carbocycles. The van der Waals surface area contributed by atoms with Gasteiger partial charge in [0, 0.05) is 12.6 Å². The lowest BCUT2D eigenvalue weighted by atomic mass is 10.2. The maximum absolute atomic E-state index is 12.2. The van der Waals surface area contributed by atoms with Crippen molar-refractivity contribution in [1.82, 2.24) is 4.90 Å². The number of carbonyl (C=O) groups excluding carboxylic acids is 1. The van der Waals surface area contributed by atoms with Crippen molar-refractivity contribution in [3.05, 3.63) is 29.8 Å². The SMILES string of the molecule is Cc1cccc(OCCC(=O)N(CCCN)C2CC2)c1. The minimum Gasteiger partial charge on any atom is -0.493 e. The van der Waals surface area contributed by atoms with Crippen LogP contribution in [-0.2, 0) is 4.79 Å². The van der Waals surface area contributed by atoms with Crippen molar-refractivity contribution in [1.29, 1.82) is 0 Å². The first-order valence-corrected chi connectivity index (χ1v) is 7.39. The predicted octanol–water partition coefficient (Wildman–Crippen LogP) is 2.10. The van der Waals surface area contributed by atoms with Crippen LogP contribution in [0.15, 0.2) is 24.3 Å². The topological polar surface area (TPSA) is 55.6 Å². The van der Waals surface area contributed by atoms with Gasteiger partial charge in [-0.05, 0) is 50.4 Å². The van der Waals surface area contributed by atoms with E-state index in [4.69, 9.17) is 10.5 Å². The van der Waals surface area contributed by atoms with Crippen LogP contribution >= 0.6 is 0 Å². The predicted molar refractivity (Wildman–Crippen MR) is 79.7 cm³/mol. The van der Waals surface area contributed by atoms with Crippen molar-refractivity contribution in [2.24, 2.45) is 5.73 Å². The summed E-state index contributed by atoms with van der Waals surface area (Å²) in [5.74, 6) is 1.02. The second-order valence-electron chi connectivity index (χ2n) is 5.38. The third-order valence-electron chi connectivity index (χ3n) is 3.49. The Hall–Kier alpha value is -1.55. The zero-order valence-electron chi connectivity index (χ0n) is 12.2. The van der Waals surface area contributed by atoms with Crippen LogP contribution in [0.2, 0.25) is 0 Å². The quantitative estimate of drug-likeness (QED) is 0.791. The Bertz CT molecular complexity index is 444. The van der Waals surface area contributed by atoms with Crippen LogP contribution in [0.5, 0.6) is 5.75 Å². The van der Waals surface area contributed by atoms with E-state index in [9.17, 15) is 4.79 Å². The largest absolute Gasteiger partial charge is 0.493 e. The van der Waals surface area contributed by atoms with E-state index >= 15 is 0 Å². The minimum absolute atomic E-state index is 0.189. The van der Waals surface area contributed by atoms with Gasteiger partial charge in [0.25, 0.3) is 0 Å². The van der Waals surface area contributed by atoms with E-state index in [1.165, 1.54) is 0 Å². The summed E-state index contributed by atoms with van der Waals surface area (Å²) in [4.78, 5) is 14.2. The molecule has 0 unspecified atom stereocenters. The molecule has 1 aliphatic rings. The molecule has 1 saturated carbocycles. The molecule has 0 aromatic heterocycles. The summed E-state index contributed by atoms with van der Waals surface area (Å²) in [6.07, 6.45) is 3.58. The molecule has 4 nitrogen and oxygen atoms in total. The maximum atomic E-state index is 12.2. The molecule has 0 bridgehead atoms. The number of nitrogens with zero attached hydrogens (tertiary/aromatic N) is 1. The highest BCUT2D eigenvalue weighted by Gasteiger charge is 2.31. The Morgan fingerprint density at radius 2 is 2.25 bits per heavy atom. The van der Waals surface area contributed by atoms with Gasteiger partial charge < -0.3 is 15.4 Å². The van der Waals surface area contributed by atoms with Crippen molar-refractivity contribution >= 4 is 5.91 Å². The van der Waals surface area contributed by atoms with Crippen molar-refractivity contribution in [3.63, 3.8) is 0 Å². The third-order valence-corrected chi connectivity index (χ3v) is 3.49. The van der Waals surface area contributed by atoms with Crippen molar-refractivity contribution in [3.8, 4) is 5.75 Å². The molecule has 0 saturated heterocycles. The summed E-state index contributed by atoms with van der Waals surface area (Å²) >= 11 is 0. The Labute approximate surface area is 120 Å². The number of rotatable bonds is 8. The fourth-order valence-electron chi connectivity index (χ4n) is 2.26. The van der Waals surface area contributed by atoms with Gasteiger partial charge in [-0.25, -0.2) is 0 Å². The van der Waals surface area contributed by atoms with Gasteiger partial charge in [0.05, 0.1) is 13.0 Å². The number of nitrogens with two attached hydrogens (primary N) is 1. The first kappa shape index (κ1) is 14.9. The molecule has 2 N–H and O–H groups in total. The van der Waals surface area contributed by atoms with Gasteiger partial charge in [-0.15, -0.1) is 0 Å². The highest BCUT2D eigenvalue weighted by molar-refractivity contribution is 5.77. The Balaban J connectivity index is 1.75. The molecule has 0 spiro atoms. The van der Waals surface area contributed by atoms with E-state index in [1.807, 2.05) is 36.1 Å². The van der Waals surface area contributed by atoms with Gasteiger partial charge in [-0.2, -0.15) is 0 Å². The van der Waals surface area contributed by atoms with Crippen LogP contribution in [0.4, 0.5) is 0 Å². The monoisotopic (exact) mass is 276 g/mol. The van der Waals surface area contributed by atoms with Crippen LogP contribution < -0.4 is 10.5 Å². The first-order valence-electron chi connectivity index (χ1n) is 7.39. The standard InChI is InChI=1S/C16H24N2O2/c1-13-4-2-5-15(12-13)20-11-8-16(19)18(10-3-9-17)14-6-7-14/h2,4-5,12,14H,3,6-11,17H2,1H3.